The fourth-order valence-electron chi connectivity index (χ4n) is 2.29. The highest BCUT2D eigenvalue weighted by atomic mass is 16.5. The maximum Gasteiger partial charge on any atom is 0.123 e. The summed E-state index contributed by atoms with van der Waals surface area (Å²) in [6, 6.07) is 5.61. The van der Waals surface area contributed by atoms with E-state index < -0.39 is 0 Å². The van der Waals surface area contributed by atoms with Crippen molar-refractivity contribution >= 4 is 0 Å². The quantitative estimate of drug-likeness (QED) is 0.599. The summed E-state index contributed by atoms with van der Waals surface area (Å²) in [4.78, 5) is 0. The maximum absolute atomic E-state index is 5.73. The third-order valence-corrected chi connectivity index (χ3v) is 3.46. The summed E-state index contributed by atoms with van der Waals surface area (Å²) < 4.78 is 12.6. The van der Waals surface area contributed by atoms with Gasteiger partial charge in [0.15, 0.2) is 0 Å². The summed E-state index contributed by atoms with van der Waals surface area (Å²) in [5.41, 5.74) is 4.92. The molecule has 3 N–H and O–H groups in total. The van der Waals surface area contributed by atoms with Crippen LogP contribution < -0.4 is 20.7 Å². The first-order valence-corrected chi connectivity index (χ1v) is 6.91. The molecule has 2 rings (SSSR count). The van der Waals surface area contributed by atoms with Gasteiger partial charge in [-0.05, 0) is 37.1 Å². The van der Waals surface area contributed by atoms with Crippen molar-refractivity contribution in [2.45, 2.75) is 25.9 Å². The number of methoxy groups -OCH3 is 2. The standard InChI is InChI=1S/C15H22N4O2/c1-4-19-10-11(9-17-19)7-14(18-16)13-8-12(20-2)5-6-15(13)21-3/h5-6,8-10,14,18H,4,7,16H2,1-3H3. The van der Waals surface area contributed by atoms with Gasteiger partial charge in [0, 0.05) is 18.3 Å². The van der Waals surface area contributed by atoms with Gasteiger partial charge in [-0.25, -0.2) is 0 Å². The zero-order valence-corrected chi connectivity index (χ0v) is 12.7. The van der Waals surface area contributed by atoms with Crippen molar-refractivity contribution in [2.24, 2.45) is 5.84 Å². The Kier molecular flexibility index (Phi) is 5.19. The lowest BCUT2D eigenvalue weighted by Crippen LogP contribution is -2.29. The maximum atomic E-state index is 5.73. The highest BCUT2D eigenvalue weighted by molar-refractivity contribution is 5.42. The third-order valence-electron chi connectivity index (χ3n) is 3.46. The summed E-state index contributed by atoms with van der Waals surface area (Å²) in [7, 11) is 3.29. The molecule has 1 unspecified atom stereocenters. The number of rotatable bonds is 7. The number of hydrazine groups is 1. The van der Waals surface area contributed by atoms with Crippen molar-refractivity contribution in [3.05, 3.63) is 41.7 Å². The Morgan fingerprint density at radius 3 is 2.71 bits per heavy atom. The Morgan fingerprint density at radius 2 is 2.14 bits per heavy atom. The van der Waals surface area contributed by atoms with Crippen molar-refractivity contribution in [3.8, 4) is 11.5 Å². The summed E-state index contributed by atoms with van der Waals surface area (Å²) in [5.74, 6) is 7.29. The molecule has 0 fully saturated rings. The van der Waals surface area contributed by atoms with Crippen molar-refractivity contribution in [1.29, 1.82) is 0 Å². The van der Waals surface area contributed by atoms with Gasteiger partial charge in [0.1, 0.15) is 11.5 Å². The molecular formula is C15H22N4O2. The molecule has 6 nitrogen and oxygen atoms in total. The third kappa shape index (κ3) is 3.53. The average Bonchev–Trinajstić information content (AvgIpc) is 2.99. The highest BCUT2D eigenvalue weighted by Crippen LogP contribution is 2.30. The molecule has 0 saturated carbocycles. The monoisotopic (exact) mass is 290 g/mol. The molecule has 0 aliphatic rings. The SMILES string of the molecule is CCn1cc(CC(NN)c2cc(OC)ccc2OC)cn1. The van der Waals surface area contributed by atoms with E-state index in [1.165, 1.54) is 0 Å². The van der Waals surface area contributed by atoms with Crippen LogP contribution in [0.15, 0.2) is 30.6 Å². The topological polar surface area (TPSA) is 74.3 Å². The van der Waals surface area contributed by atoms with Crippen LogP contribution >= 0.6 is 0 Å². The number of nitrogens with zero attached hydrogens (tertiary/aromatic N) is 2. The van der Waals surface area contributed by atoms with Crippen molar-refractivity contribution in [3.63, 3.8) is 0 Å². The molecular weight excluding hydrogens is 268 g/mol. The Bertz CT molecular complexity index is 583. The normalized spacial score (nSPS) is 12.2. The number of nitrogens with two attached hydrogens (primary N) is 1. The van der Waals surface area contributed by atoms with E-state index in [9.17, 15) is 0 Å². The van der Waals surface area contributed by atoms with Gasteiger partial charge in [-0.1, -0.05) is 0 Å². The molecule has 0 aliphatic carbocycles. The van der Waals surface area contributed by atoms with Crippen LogP contribution in [0.4, 0.5) is 0 Å². The van der Waals surface area contributed by atoms with E-state index in [2.05, 4.69) is 17.4 Å². The van der Waals surface area contributed by atoms with Crippen LogP contribution in [0.5, 0.6) is 11.5 Å². The predicted molar refractivity (Wildman–Crippen MR) is 81.2 cm³/mol. The van der Waals surface area contributed by atoms with Crippen LogP contribution in [0.1, 0.15) is 24.1 Å². The fraction of sp³-hybridized carbons (Fsp3) is 0.400. The van der Waals surface area contributed by atoms with Gasteiger partial charge in [-0.15, -0.1) is 0 Å². The number of hydrogen-bond donors (Lipinski definition) is 2. The molecule has 1 heterocycles. The van der Waals surface area contributed by atoms with Crippen LogP contribution in [-0.4, -0.2) is 24.0 Å². The number of aromatic nitrogens is 2. The molecule has 1 aromatic carbocycles. The van der Waals surface area contributed by atoms with Gasteiger partial charge in [0.2, 0.25) is 0 Å². The van der Waals surface area contributed by atoms with E-state index in [-0.39, 0.29) is 6.04 Å². The highest BCUT2D eigenvalue weighted by Gasteiger charge is 2.17. The summed E-state index contributed by atoms with van der Waals surface area (Å²) >= 11 is 0. The van der Waals surface area contributed by atoms with Crippen LogP contribution in [0.25, 0.3) is 0 Å². The zero-order valence-electron chi connectivity index (χ0n) is 12.7. The van der Waals surface area contributed by atoms with Crippen LogP contribution in [0, 0.1) is 0 Å². The molecule has 1 aromatic heterocycles. The van der Waals surface area contributed by atoms with Crippen molar-refractivity contribution in [2.75, 3.05) is 14.2 Å². The first-order valence-electron chi connectivity index (χ1n) is 6.91. The number of ether oxygens (including phenoxy) is 2. The van der Waals surface area contributed by atoms with E-state index >= 15 is 0 Å². The molecule has 114 valence electrons. The Morgan fingerprint density at radius 1 is 1.33 bits per heavy atom. The summed E-state index contributed by atoms with van der Waals surface area (Å²) in [6.07, 6.45) is 4.61. The second kappa shape index (κ2) is 7.10. The second-order valence-corrected chi connectivity index (χ2v) is 4.74. The minimum absolute atomic E-state index is 0.0791. The van der Waals surface area contributed by atoms with Gasteiger partial charge in [-0.3, -0.25) is 16.0 Å². The van der Waals surface area contributed by atoms with Crippen molar-refractivity contribution < 1.29 is 9.47 Å². The lowest BCUT2D eigenvalue weighted by Gasteiger charge is -2.19. The molecule has 6 heteroatoms. The van der Waals surface area contributed by atoms with E-state index in [4.69, 9.17) is 15.3 Å². The van der Waals surface area contributed by atoms with E-state index in [0.717, 1.165) is 35.6 Å². The van der Waals surface area contributed by atoms with Gasteiger partial charge in [-0.2, -0.15) is 5.10 Å². The van der Waals surface area contributed by atoms with Crippen LogP contribution in [0.2, 0.25) is 0 Å². The number of aryl methyl sites for hydroxylation is 1. The average molecular weight is 290 g/mol. The van der Waals surface area contributed by atoms with Crippen molar-refractivity contribution in [1.82, 2.24) is 15.2 Å². The number of hydrogen-bond acceptors (Lipinski definition) is 5. The van der Waals surface area contributed by atoms with Crippen LogP contribution in [-0.2, 0) is 13.0 Å². The minimum Gasteiger partial charge on any atom is -0.497 e. The number of nitrogens with one attached hydrogen (secondary N) is 1. The van der Waals surface area contributed by atoms with Gasteiger partial charge < -0.3 is 9.47 Å². The summed E-state index contributed by atoms with van der Waals surface area (Å²) in [6.45, 7) is 2.91. The molecule has 0 aliphatic heterocycles. The molecule has 1 atom stereocenters. The molecule has 2 aromatic rings. The van der Waals surface area contributed by atoms with Crippen LogP contribution in [0.3, 0.4) is 0 Å². The second-order valence-electron chi connectivity index (χ2n) is 4.74. The predicted octanol–water partition coefficient (Wildman–Crippen LogP) is 1.67. The minimum atomic E-state index is -0.0791. The Labute approximate surface area is 124 Å². The molecule has 0 saturated heterocycles. The van der Waals surface area contributed by atoms with E-state index in [0.29, 0.717) is 0 Å². The van der Waals surface area contributed by atoms with Gasteiger partial charge in [0.25, 0.3) is 0 Å². The smallest absolute Gasteiger partial charge is 0.123 e. The Hall–Kier alpha value is -2.05. The first-order chi connectivity index (χ1) is 10.2. The van der Waals surface area contributed by atoms with E-state index in [1.54, 1.807) is 14.2 Å². The summed E-state index contributed by atoms with van der Waals surface area (Å²) in [5, 5.41) is 4.28. The number of benzene rings is 1. The zero-order chi connectivity index (χ0) is 15.2. The molecule has 0 radical (unpaired) electrons. The molecule has 0 spiro atoms. The van der Waals surface area contributed by atoms with Gasteiger partial charge in [0.05, 0.1) is 26.5 Å². The lowest BCUT2D eigenvalue weighted by atomic mass is 10.00. The molecule has 0 amide bonds. The fourth-order valence-corrected chi connectivity index (χ4v) is 2.29. The van der Waals surface area contributed by atoms with E-state index in [1.807, 2.05) is 35.3 Å². The molecule has 21 heavy (non-hydrogen) atoms. The first kappa shape index (κ1) is 15.3. The largest absolute Gasteiger partial charge is 0.497 e. The Balaban J connectivity index is 2.27. The van der Waals surface area contributed by atoms with Gasteiger partial charge >= 0.3 is 0 Å². The molecule has 0 bridgehead atoms. The lowest BCUT2D eigenvalue weighted by molar-refractivity contribution is 0.389.